The van der Waals surface area contributed by atoms with E-state index in [-0.39, 0.29) is 24.0 Å². The van der Waals surface area contributed by atoms with Crippen LogP contribution in [-0.4, -0.2) is 63.3 Å². The number of amides is 2. The summed E-state index contributed by atoms with van der Waals surface area (Å²) in [5.41, 5.74) is 3.30. The van der Waals surface area contributed by atoms with Gasteiger partial charge in [-0.3, -0.25) is 4.79 Å². The molecule has 3 N–H and O–H groups in total. The summed E-state index contributed by atoms with van der Waals surface area (Å²) in [7, 11) is 0. The Bertz CT molecular complexity index is 1180. The maximum atomic E-state index is 14.1. The fourth-order valence-electron chi connectivity index (χ4n) is 5.65. The number of nitrogens with one attached hydrogen (secondary N) is 2. The third-order valence-electron chi connectivity index (χ3n) is 7.36. The minimum absolute atomic E-state index is 0.0264. The molecular formula is C28H33N5O3. The number of rotatable bonds is 6. The number of carbonyl (C=O) groups excluding carboxylic acids is 1. The van der Waals surface area contributed by atoms with Crippen molar-refractivity contribution in [3.05, 3.63) is 78.2 Å². The summed E-state index contributed by atoms with van der Waals surface area (Å²) in [5, 5.41) is 15.6. The molecule has 0 spiro atoms. The van der Waals surface area contributed by atoms with Crippen LogP contribution in [0.4, 0.5) is 4.79 Å². The number of imidazole rings is 1. The molecule has 3 aromatic rings. The standard InChI is InChI=1S/C28H33N5O3/c34-27(32-16-15-29-18-22(32)17-20-9-3-1-4-10-20)25-26(21-11-5-2-6-12-21)33(19-30-25)24-14-8-7-13-23(24)31-28(35)36/h1-6,9-12,19,22-24,29,31H,7-8,13-18H2,(H,35,36)/t22-,23-,24+/m1/s1. The summed E-state index contributed by atoms with van der Waals surface area (Å²) in [6, 6.07) is 19.8. The van der Waals surface area contributed by atoms with Crippen LogP contribution in [0.3, 0.4) is 0 Å². The van der Waals surface area contributed by atoms with Gasteiger partial charge in [-0.25, -0.2) is 9.78 Å². The van der Waals surface area contributed by atoms with Crippen LogP contribution >= 0.6 is 0 Å². The minimum atomic E-state index is -1.02. The zero-order chi connectivity index (χ0) is 24.9. The Hall–Kier alpha value is -3.65. The molecule has 2 fully saturated rings. The molecule has 1 saturated heterocycles. The number of piperazine rings is 1. The molecule has 0 radical (unpaired) electrons. The van der Waals surface area contributed by atoms with E-state index in [4.69, 9.17) is 0 Å². The second-order valence-corrected chi connectivity index (χ2v) is 9.67. The second kappa shape index (κ2) is 11.0. The van der Waals surface area contributed by atoms with E-state index in [9.17, 15) is 14.7 Å². The summed E-state index contributed by atoms with van der Waals surface area (Å²) in [4.78, 5) is 32.2. The molecule has 0 bridgehead atoms. The largest absolute Gasteiger partial charge is 0.465 e. The van der Waals surface area contributed by atoms with Crippen molar-refractivity contribution in [3.63, 3.8) is 0 Å². The quantitative estimate of drug-likeness (QED) is 0.489. The van der Waals surface area contributed by atoms with E-state index >= 15 is 0 Å². The molecule has 2 aromatic carbocycles. The maximum Gasteiger partial charge on any atom is 0.404 e. The summed E-state index contributed by atoms with van der Waals surface area (Å²) in [5.74, 6) is -0.0754. The number of hydrogen-bond donors (Lipinski definition) is 3. The van der Waals surface area contributed by atoms with E-state index < -0.39 is 6.09 Å². The Morgan fingerprint density at radius 2 is 1.75 bits per heavy atom. The van der Waals surface area contributed by atoms with E-state index in [0.717, 1.165) is 56.5 Å². The molecule has 2 aliphatic rings. The third-order valence-corrected chi connectivity index (χ3v) is 7.36. The van der Waals surface area contributed by atoms with Crippen molar-refractivity contribution in [2.45, 2.75) is 50.2 Å². The highest BCUT2D eigenvalue weighted by atomic mass is 16.4. The van der Waals surface area contributed by atoms with Crippen LogP contribution in [0, 0.1) is 0 Å². The number of hydrogen-bond acceptors (Lipinski definition) is 4. The average molecular weight is 488 g/mol. The third kappa shape index (κ3) is 5.14. The highest BCUT2D eigenvalue weighted by Gasteiger charge is 2.35. The zero-order valence-electron chi connectivity index (χ0n) is 20.3. The minimum Gasteiger partial charge on any atom is -0.465 e. The molecule has 1 aromatic heterocycles. The van der Waals surface area contributed by atoms with Crippen molar-refractivity contribution in [1.29, 1.82) is 0 Å². The van der Waals surface area contributed by atoms with Crippen LogP contribution in [0.2, 0.25) is 0 Å². The first-order valence-corrected chi connectivity index (χ1v) is 12.8. The Morgan fingerprint density at radius 3 is 2.50 bits per heavy atom. The normalized spacial score (nSPS) is 22.2. The SMILES string of the molecule is O=C(O)N[C@@H]1CCCC[C@@H]1n1cnc(C(=O)N2CCNC[C@H]2Cc2ccccc2)c1-c1ccccc1. The van der Waals surface area contributed by atoms with Gasteiger partial charge in [0.05, 0.1) is 24.1 Å². The summed E-state index contributed by atoms with van der Waals surface area (Å²) in [6.07, 6.45) is 5.07. The van der Waals surface area contributed by atoms with Crippen molar-refractivity contribution < 1.29 is 14.7 Å². The maximum absolute atomic E-state index is 14.1. The lowest BCUT2D eigenvalue weighted by atomic mass is 9.89. The highest BCUT2D eigenvalue weighted by molar-refractivity contribution is 5.98. The molecule has 188 valence electrons. The second-order valence-electron chi connectivity index (χ2n) is 9.67. The van der Waals surface area contributed by atoms with Crippen LogP contribution in [0.15, 0.2) is 67.0 Å². The molecule has 36 heavy (non-hydrogen) atoms. The first-order valence-electron chi connectivity index (χ1n) is 12.8. The van der Waals surface area contributed by atoms with Gasteiger partial charge in [-0.2, -0.15) is 0 Å². The van der Waals surface area contributed by atoms with Crippen LogP contribution < -0.4 is 10.6 Å². The van der Waals surface area contributed by atoms with Gasteiger partial charge in [-0.15, -0.1) is 0 Å². The van der Waals surface area contributed by atoms with Gasteiger partial charge < -0.3 is 25.2 Å². The van der Waals surface area contributed by atoms with Gasteiger partial charge in [0.25, 0.3) is 5.91 Å². The number of nitrogens with zero attached hydrogens (tertiary/aromatic N) is 3. The predicted octanol–water partition coefficient (Wildman–Crippen LogP) is 3.96. The van der Waals surface area contributed by atoms with Crippen LogP contribution in [-0.2, 0) is 6.42 Å². The smallest absolute Gasteiger partial charge is 0.404 e. The van der Waals surface area contributed by atoms with Gasteiger partial charge in [0.2, 0.25) is 0 Å². The molecule has 0 unspecified atom stereocenters. The predicted molar refractivity (Wildman–Crippen MR) is 138 cm³/mol. The van der Waals surface area contributed by atoms with E-state index in [1.807, 2.05) is 58.0 Å². The average Bonchev–Trinajstić information content (AvgIpc) is 3.35. The molecule has 1 aliphatic heterocycles. The Balaban J connectivity index is 1.51. The van der Waals surface area contributed by atoms with E-state index in [2.05, 4.69) is 27.8 Å². The van der Waals surface area contributed by atoms with Crippen LogP contribution in [0.1, 0.15) is 47.8 Å². The van der Waals surface area contributed by atoms with E-state index in [0.29, 0.717) is 12.2 Å². The van der Waals surface area contributed by atoms with Crippen LogP contribution in [0.25, 0.3) is 11.3 Å². The Morgan fingerprint density at radius 1 is 1.03 bits per heavy atom. The number of aromatic nitrogens is 2. The van der Waals surface area contributed by atoms with Crippen molar-refractivity contribution in [1.82, 2.24) is 25.1 Å². The fourth-order valence-corrected chi connectivity index (χ4v) is 5.65. The lowest BCUT2D eigenvalue weighted by molar-refractivity contribution is 0.0631. The van der Waals surface area contributed by atoms with Gasteiger partial charge in [0, 0.05) is 31.2 Å². The monoisotopic (exact) mass is 487 g/mol. The molecule has 1 saturated carbocycles. The number of benzene rings is 2. The van der Waals surface area contributed by atoms with Gasteiger partial charge in [-0.1, -0.05) is 73.5 Å². The molecule has 8 nitrogen and oxygen atoms in total. The molecule has 2 heterocycles. The van der Waals surface area contributed by atoms with Crippen molar-refractivity contribution >= 4 is 12.0 Å². The zero-order valence-corrected chi connectivity index (χ0v) is 20.3. The molecule has 3 atom stereocenters. The first kappa shape index (κ1) is 24.1. The Labute approximate surface area is 211 Å². The van der Waals surface area contributed by atoms with Crippen molar-refractivity contribution in [2.24, 2.45) is 0 Å². The fraction of sp³-hybridized carbons (Fsp3) is 0.393. The lowest BCUT2D eigenvalue weighted by Gasteiger charge is -2.36. The van der Waals surface area contributed by atoms with Crippen molar-refractivity contribution in [2.75, 3.05) is 19.6 Å². The topological polar surface area (TPSA) is 99.5 Å². The Kier molecular flexibility index (Phi) is 7.32. The lowest BCUT2D eigenvalue weighted by Crippen LogP contribution is -2.54. The molecule has 2 amide bonds. The van der Waals surface area contributed by atoms with Gasteiger partial charge >= 0.3 is 6.09 Å². The summed E-state index contributed by atoms with van der Waals surface area (Å²) >= 11 is 0. The molecule has 1 aliphatic carbocycles. The number of carbonyl (C=O) groups is 2. The van der Waals surface area contributed by atoms with Gasteiger partial charge in [0.15, 0.2) is 5.69 Å². The first-order chi connectivity index (χ1) is 17.6. The molecular weight excluding hydrogens is 454 g/mol. The molecule has 8 heteroatoms. The van der Waals surface area contributed by atoms with Gasteiger partial charge in [-0.05, 0) is 24.8 Å². The van der Waals surface area contributed by atoms with E-state index in [1.165, 1.54) is 5.56 Å². The van der Waals surface area contributed by atoms with Crippen LogP contribution in [0.5, 0.6) is 0 Å². The van der Waals surface area contributed by atoms with Gasteiger partial charge in [0.1, 0.15) is 0 Å². The molecule has 5 rings (SSSR count). The summed E-state index contributed by atoms with van der Waals surface area (Å²) in [6.45, 7) is 2.09. The van der Waals surface area contributed by atoms with Crippen molar-refractivity contribution in [3.8, 4) is 11.3 Å². The highest BCUT2D eigenvalue weighted by Crippen LogP contribution is 2.35. The van der Waals surface area contributed by atoms with E-state index in [1.54, 1.807) is 6.33 Å². The number of carboxylic acid groups (broad SMARTS) is 1. The summed E-state index contributed by atoms with van der Waals surface area (Å²) < 4.78 is 2.04.